The molecule has 0 aliphatic carbocycles. The van der Waals surface area contributed by atoms with Crippen molar-refractivity contribution in [3.05, 3.63) is 64.4 Å². The number of pyridine rings is 1. The Bertz CT molecular complexity index is 1050. The molecular formula is C18H14ClF3N4O. The number of hydrogen-bond acceptors (Lipinski definition) is 3. The average molecular weight is 395 g/mol. The zero-order valence-corrected chi connectivity index (χ0v) is 14.9. The lowest BCUT2D eigenvalue weighted by molar-refractivity contribution is -0.138. The Kier molecular flexibility index (Phi) is 4.03. The summed E-state index contributed by atoms with van der Waals surface area (Å²) >= 11 is 5.93. The van der Waals surface area contributed by atoms with E-state index in [1.807, 2.05) is 0 Å². The fourth-order valence-electron chi connectivity index (χ4n) is 3.34. The van der Waals surface area contributed by atoms with Gasteiger partial charge in [-0.15, -0.1) is 0 Å². The van der Waals surface area contributed by atoms with Gasteiger partial charge in [0, 0.05) is 19.8 Å². The number of rotatable bonds is 1. The minimum Gasteiger partial charge on any atom is -0.285 e. The van der Waals surface area contributed by atoms with Gasteiger partial charge in [0.1, 0.15) is 0 Å². The maximum absolute atomic E-state index is 13.3. The Morgan fingerprint density at radius 1 is 1.22 bits per heavy atom. The first-order chi connectivity index (χ1) is 12.8. The van der Waals surface area contributed by atoms with Crippen LogP contribution in [0.15, 0.2) is 42.6 Å². The Morgan fingerprint density at radius 2 is 2.00 bits per heavy atom. The molecule has 3 heterocycles. The van der Waals surface area contributed by atoms with Crippen molar-refractivity contribution in [1.82, 2.24) is 14.6 Å². The Hall–Kier alpha value is -2.74. The molecule has 1 aromatic carbocycles. The zero-order valence-electron chi connectivity index (χ0n) is 14.2. The molecule has 3 aromatic rings. The summed E-state index contributed by atoms with van der Waals surface area (Å²) in [5.74, 6) is -0.389. The summed E-state index contributed by atoms with van der Waals surface area (Å²) in [5.41, 5.74) is 0.776. The zero-order chi connectivity index (χ0) is 19.3. The SMILES string of the molecule is CN1c2cccc(C(F)(F)F)c2CCN1C(=O)c1cc2ccc(Cl)cn2n1. The molecule has 1 aliphatic rings. The summed E-state index contributed by atoms with van der Waals surface area (Å²) in [6, 6.07) is 9.03. The maximum Gasteiger partial charge on any atom is 0.416 e. The number of amides is 1. The van der Waals surface area contributed by atoms with Crippen molar-refractivity contribution in [1.29, 1.82) is 0 Å². The lowest BCUT2D eigenvalue weighted by Crippen LogP contribution is -2.49. The minimum absolute atomic E-state index is 0.111. The molecule has 0 atom stereocenters. The molecule has 2 aromatic heterocycles. The van der Waals surface area contributed by atoms with Crippen molar-refractivity contribution in [2.24, 2.45) is 0 Å². The van der Waals surface area contributed by atoms with Crippen molar-refractivity contribution in [2.45, 2.75) is 12.6 Å². The van der Waals surface area contributed by atoms with Crippen LogP contribution in [0.5, 0.6) is 0 Å². The highest BCUT2D eigenvalue weighted by atomic mass is 35.5. The molecule has 0 fully saturated rings. The first kappa shape index (κ1) is 17.7. The largest absolute Gasteiger partial charge is 0.416 e. The standard InChI is InChI=1S/C18H14ClF3N4O/c1-24-16-4-2-3-14(18(20,21)22)13(16)7-8-26(24)17(27)15-9-12-6-5-11(19)10-25(12)23-15/h2-6,9-10H,7-8H2,1H3. The molecular weight excluding hydrogens is 381 g/mol. The fourth-order valence-corrected chi connectivity index (χ4v) is 3.50. The second-order valence-corrected chi connectivity index (χ2v) is 6.69. The third-order valence-corrected chi connectivity index (χ3v) is 4.84. The summed E-state index contributed by atoms with van der Waals surface area (Å²) in [4.78, 5) is 12.9. The van der Waals surface area contributed by atoms with E-state index >= 15 is 0 Å². The number of carbonyl (C=O) groups excluding carboxylic acids is 1. The topological polar surface area (TPSA) is 40.9 Å². The van der Waals surface area contributed by atoms with Crippen molar-refractivity contribution in [2.75, 3.05) is 18.6 Å². The summed E-state index contributed by atoms with van der Waals surface area (Å²) in [7, 11) is 1.57. The number of hydrogen-bond donors (Lipinski definition) is 0. The smallest absolute Gasteiger partial charge is 0.285 e. The number of halogens is 4. The van der Waals surface area contributed by atoms with Crippen LogP contribution in [0, 0.1) is 0 Å². The number of alkyl halides is 3. The number of benzene rings is 1. The number of anilines is 1. The van der Waals surface area contributed by atoms with Crippen LogP contribution in [0.4, 0.5) is 18.9 Å². The van der Waals surface area contributed by atoms with Crippen LogP contribution in [0.25, 0.3) is 5.52 Å². The van der Waals surface area contributed by atoms with Gasteiger partial charge in [-0.3, -0.25) is 9.80 Å². The predicted molar refractivity (Wildman–Crippen MR) is 94.8 cm³/mol. The van der Waals surface area contributed by atoms with Gasteiger partial charge in [0.05, 0.1) is 21.8 Å². The van der Waals surface area contributed by atoms with Crippen LogP contribution in [0.3, 0.4) is 0 Å². The van der Waals surface area contributed by atoms with E-state index in [-0.39, 0.29) is 30.1 Å². The molecule has 1 amide bonds. The third-order valence-electron chi connectivity index (χ3n) is 4.62. The van der Waals surface area contributed by atoms with Gasteiger partial charge in [-0.2, -0.15) is 18.3 Å². The first-order valence-electron chi connectivity index (χ1n) is 8.15. The molecule has 4 rings (SSSR count). The average Bonchev–Trinajstić information content (AvgIpc) is 3.03. The van der Waals surface area contributed by atoms with Gasteiger partial charge < -0.3 is 0 Å². The second-order valence-electron chi connectivity index (χ2n) is 6.25. The first-order valence-corrected chi connectivity index (χ1v) is 8.53. The van der Waals surface area contributed by atoms with Crippen molar-refractivity contribution in [3.8, 4) is 0 Å². The highest BCUT2D eigenvalue weighted by Gasteiger charge is 2.37. The lowest BCUT2D eigenvalue weighted by atomic mass is 9.99. The van der Waals surface area contributed by atoms with E-state index in [2.05, 4.69) is 5.10 Å². The Morgan fingerprint density at radius 3 is 2.74 bits per heavy atom. The molecule has 0 radical (unpaired) electrons. The van der Waals surface area contributed by atoms with Crippen LogP contribution >= 0.6 is 11.6 Å². The van der Waals surface area contributed by atoms with Gasteiger partial charge in [0.25, 0.3) is 5.91 Å². The van der Waals surface area contributed by atoms with Crippen LogP contribution < -0.4 is 5.01 Å². The van der Waals surface area contributed by atoms with E-state index in [4.69, 9.17) is 11.6 Å². The Balaban J connectivity index is 1.68. The van der Waals surface area contributed by atoms with Crippen LogP contribution in [-0.2, 0) is 12.6 Å². The molecule has 1 aliphatic heterocycles. The maximum atomic E-state index is 13.3. The molecule has 0 bridgehead atoms. The summed E-state index contributed by atoms with van der Waals surface area (Å²) in [6.45, 7) is 0.129. The van der Waals surface area contributed by atoms with Gasteiger partial charge in [-0.1, -0.05) is 17.7 Å². The molecule has 0 saturated heterocycles. The summed E-state index contributed by atoms with van der Waals surface area (Å²) in [5, 5.41) is 7.56. The van der Waals surface area contributed by atoms with Gasteiger partial charge in [-0.05, 0) is 42.3 Å². The number of hydrazine groups is 1. The molecule has 0 N–H and O–H groups in total. The number of aromatic nitrogens is 2. The highest BCUT2D eigenvalue weighted by molar-refractivity contribution is 6.30. The number of carbonyl (C=O) groups is 1. The number of fused-ring (bicyclic) bond motifs is 2. The predicted octanol–water partition coefficient (Wildman–Crippen LogP) is 4.06. The van der Waals surface area contributed by atoms with E-state index in [0.717, 1.165) is 6.07 Å². The van der Waals surface area contributed by atoms with E-state index < -0.39 is 11.7 Å². The van der Waals surface area contributed by atoms with E-state index in [9.17, 15) is 18.0 Å². The fraction of sp³-hybridized carbons (Fsp3) is 0.222. The molecule has 0 saturated carbocycles. The van der Waals surface area contributed by atoms with Crippen molar-refractivity contribution >= 4 is 28.7 Å². The molecule has 140 valence electrons. The van der Waals surface area contributed by atoms with E-state index in [0.29, 0.717) is 16.2 Å². The Labute approximate surface area is 157 Å². The van der Waals surface area contributed by atoms with Gasteiger partial charge in [0.2, 0.25) is 0 Å². The molecule has 0 unspecified atom stereocenters. The summed E-state index contributed by atoms with van der Waals surface area (Å²) in [6.07, 6.45) is -2.74. The van der Waals surface area contributed by atoms with E-state index in [1.165, 1.54) is 20.6 Å². The molecule has 27 heavy (non-hydrogen) atoms. The molecule has 9 heteroatoms. The lowest BCUT2D eigenvalue weighted by Gasteiger charge is -2.39. The molecule has 5 nitrogen and oxygen atoms in total. The van der Waals surface area contributed by atoms with E-state index in [1.54, 1.807) is 37.5 Å². The van der Waals surface area contributed by atoms with Crippen molar-refractivity contribution in [3.63, 3.8) is 0 Å². The number of nitrogens with zero attached hydrogens (tertiary/aromatic N) is 4. The summed E-state index contributed by atoms with van der Waals surface area (Å²) < 4.78 is 41.3. The van der Waals surface area contributed by atoms with Gasteiger partial charge in [0.15, 0.2) is 5.69 Å². The quantitative estimate of drug-likeness (QED) is 0.625. The highest BCUT2D eigenvalue weighted by Crippen LogP contribution is 2.38. The molecule has 0 spiro atoms. The van der Waals surface area contributed by atoms with Gasteiger partial charge >= 0.3 is 6.18 Å². The monoisotopic (exact) mass is 394 g/mol. The normalized spacial score (nSPS) is 14.6. The van der Waals surface area contributed by atoms with Crippen LogP contribution in [0.2, 0.25) is 5.02 Å². The third kappa shape index (κ3) is 2.99. The minimum atomic E-state index is -4.43. The van der Waals surface area contributed by atoms with Crippen LogP contribution in [-0.4, -0.2) is 34.1 Å². The van der Waals surface area contributed by atoms with Gasteiger partial charge in [-0.25, -0.2) is 9.52 Å². The van der Waals surface area contributed by atoms with Crippen LogP contribution in [0.1, 0.15) is 21.6 Å². The second kappa shape index (κ2) is 6.16. The van der Waals surface area contributed by atoms with Crippen molar-refractivity contribution < 1.29 is 18.0 Å².